The molecule has 0 aliphatic carbocycles. The van der Waals surface area contributed by atoms with Gasteiger partial charge in [0.1, 0.15) is 6.33 Å². The molecule has 1 aromatic heterocycles. The first kappa shape index (κ1) is 13.5. The molecule has 0 atom stereocenters. The lowest BCUT2D eigenvalue weighted by Crippen LogP contribution is -1.98. The minimum atomic E-state index is -3.19. The van der Waals surface area contributed by atoms with Crippen LogP contribution < -0.4 is 0 Å². The van der Waals surface area contributed by atoms with Crippen molar-refractivity contribution in [2.45, 2.75) is 4.90 Å². The summed E-state index contributed by atoms with van der Waals surface area (Å²) in [7, 11) is -3.19. The quantitative estimate of drug-likeness (QED) is 0.744. The Kier molecular flexibility index (Phi) is 3.31. The summed E-state index contributed by atoms with van der Waals surface area (Å²) in [6.45, 7) is 0. The van der Waals surface area contributed by atoms with E-state index in [1.54, 1.807) is 30.6 Å². The first-order valence-corrected chi connectivity index (χ1v) is 8.21. The minimum Gasteiger partial charge on any atom is -0.282 e. The lowest BCUT2D eigenvalue weighted by molar-refractivity contribution is 0.602. The molecule has 0 aliphatic rings. The van der Waals surface area contributed by atoms with E-state index < -0.39 is 9.84 Å². The van der Waals surface area contributed by atoms with Gasteiger partial charge in [0.05, 0.1) is 4.90 Å². The van der Waals surface area contributed by atoms with E-state index in [1.165, 1.54) is 6.26 Å². The van der Waals surface area contributed by atoms with Crippen LogP contribution in [0.5, 0.6) is 0 Å². The zero-order chi connectivity index (χ0) is 14.9. The first-order chi connectivity index (χ1) is 10.1. The van der Waals surface area contributed by atoms with Crippen molar-refractivity contribution in [2.75, 3.05) is 6.26 Å². The van der Waals surface area contributed by atoms with Gasteiger partial charge in [0.25, 0.3) is 0 Å². The van der Waals surface area contributed by atoms with Crippen molar-refractivity contribution in [1.29, 1.82) is 0 Å². The molecule has 0 aliphatic heterocycles. The standard InChI is InChI=1S/C15H13N3O2S/c1-21(19,20)14-9-7-12(8-10-14)15-17-16-11-18(15)13-5-3-2-4-6-13/h2-11H,1H3. The highest BCUT2D eigenvalue weighted by molar-refractivity contribution is 7.90. The van der Waals surface area contributed by atoms with E-state index in [-0.39, 0.29) is 4.90 Å². The van der Waals surface area contributed by atoms with Gasteiger partial charge in [-0.1, -0.05) is 18.2 Å². The van der Waals surface area contributed by atoms with Crippen LogP contribution in [0.2, 0.25) is 0 Å². The number of sulfone groups is 1. The van der Waals surface area contributed by atoms with Crippen molar-refractivity contribution in [3.8, 4) is 17.1 Å². The van der Waals surface area contributed by atoms with Crippen molar-refractivity contribution in [3.05, 3.63) is 60.9 Å². The Morgan fingerprint density at radius 1 is 0.952 bits per heavy atom. The molecule has 0 N–H and O–H groups in total. The van der Waals surface area contributed by atoms with E-state index in [9.17, 15) is 8.42 Å². The number of para-hydroxylation sites is 1. The van der Waals surface area contributed by atoms with Gasteiger partial charge in [-0.3, -0.25) is 4.57 Å². The fraction of sp³-hybridized carbons (Fsp3) is 0.0667. The van der Waals surface area contributed by atoms with Gasteiger partial charge in [0.2, 0.25) is 0 Å². The van der Waals surface area contributed by atoms with E-state index >= 15 is 0 Å². The summed E-state index contributed by atoms with van der Waals surface area (Å²) in [5.41, 5.74) is 1.76. The summed E-state index contributed by atoms with van der Waals surface area (Å²) in [6, 6.07) is 16.4. The zero-order valence-electron chi connectivity index (χ0n) is 11.3. The molecule has 21 heavy (non-hydrogen) atoms. The van der Waals surface area contributed by atoms with E-state index in [2.05, 4.69) is 10.2 Å². The average molecular weight is 299 g/mol. The Bertz CT molecular complexity index is 853. The largest absolute Gasteiger partial charge is 0.282 e. The second kappa shape index (κ2) is 5.14. The number of nitrogens with zero attached hydrogens (tertiary/aromatic N) is 3. The minimum absolute atomic E-state index is 0.289. The van der Waals surface area contributed by atoms with Crippen LogP contribution in [0.3, 0.4) is 0 Å². The Morgan fingerprint density at radius 2 is 1.62 bits per heavy atom. The molecule has 0 amide bonds. The fourth-order valence-corrected chi connectivity index (χ4v) is 2.69. The maximum absolute atomic E-state index is 11.5. The summed E-state index contributed by atoms with van der Waals surface area (Å²) in [6.07, 6.45) is 2.82. The molecule has 6 heteroatoms. The molecule has 0 fully saturated rings. The van der Waals surface area contributed by atoms with Gasteiger partial charge in [-0.2, -0.15) is 0 Å². The molecule has 0 unspecified atom stereocenters. The maximum atomic E-state index is 11.5. The molecule has 1 heterocycles. The molecule has 106 valence electrons. The second-order valence-electron chi connectivity index (χ2n) is 4.66. The average Bonchev–Trinajstić information content (AvgIpc) is 2.97. The van der Waals surface area contributed by atoms with Crippen LogP contribution in [0, 0.1) is 0 Å². The smallest absolute Gasteiger partial charge is 0.175 e. The summed E-state index contributed by atoms with van der Waals surface area (Å²) in [5.74, 6) is 0.668. The molecule has 3 aromatic rings. The highest BCUT2D eigenvalue weighted by Crippen LogP contribution is 2.22. The van der Waals surface area contributed by atoms with E-state index in [4.69, 9.17) is 0 Å². The van der Waals surface area contributed by atoms with Gasteiger partial charge in [-0.05, 0) is 36.4 Å². The highest BCUT2D eigenvalue weighted by atomic mass is 32.2. The number of rotatable bonds is 3. The van der Waals surface area contributed by atoms with E-state index in [0.717, 1.165) is 11.3 Å². The fourth-order valence-electron chi connectivity index (χ4n) is 2.06. The lowest BCUT2D eigenvalue weighted by Gasteiger charge is -2.07. The van der Waals surface area contributed by atoms with Crippen molar-refractivity contribution >= 4 is 9.84 Å². The normalized spacial score (nSPS) is 11.5. The second-order valence-corrected chi connectivity index (χ2v) is 6.67. The van der Waals surface area contributed by atoms with Crippen molar-refractivity contribution in [3.63, 3.8) is 0 Å². The lowest BCUT2D eigenvalue weighted by atomic mass is 10.2. The van der Waals surface area contributed by atoms with Crippen LogP contribution >= 0.6 is 0 Å². The molecule has 5 nitrogen and oxygen atoms in total. The SMILES string of the molecule is CS(=O)(=O)c1ccc(-c2nncn2-c2ccccc2)cc1. The molecular formula is C15H13N3O2S. The molecule has 0 saturated heterocycles. The van der Waals surface area contributed by atoms with Gasteiger partial charge >= 0.3 is 0 Å². The van der Waals surface area contributed by atoms with Crippen LogP contribution in [0.4, 0.5) is 0 Å². The number of benzene rings is 2. The zero-order valence-corrected chi connectivity index (χ0v) is 12.2. The molecule has 3 rings (SSSR count). The summed E-state index contributed by atoms with van der Waals surface area (Å²) in [5, 5.41) is 8.06. The number of hydrogen-bond acceptors (Lipinski definition) is 4. The van der Waals surface area contributed by atoms with Gasteiger partial charge < -0.3 is 0 Å². The molecule has 0 spiro atoms. The Labute approximate surface area is 122 Å². The van der Waals surface area contributed by atoms with Crippen LogP contribution in [0.15, 0.2) is 65.8 Å². The third-order valence-corrected chi connectivity index (χ3v) is 4.25. The predicted molar refractivity (Wildman–Crippen MR) is 79.9 cm³/mol. The number of hydrogen-bond donors (Lipinski definition) is 0. The molecule has 0 radical (unpaired) electrons. The van der Waals surface area contributed by atoms with Gasteiger partial charge in [-0.15, -0.1) is 10.2 Å². The van der Waals surface area contributed by atoms with Crippen molar-refractivity contribution < 1.29 is 8.42 Å². The van der Waals surface area contributed by atoms with Crippen LogP contribution in [0.25, 0.3) is 17.1 Å². The third-order valence-electron chi connectivity index (χ3n) is 3.12. The Morgan fingerprint density at radius 3 is 2.24 bits per heavy atom. The predicted octanol–water partition coefficient (Wildman–Crippen LogP) is 2.34. The molecule has 2 aromatic carbocycles. The molecule has 0 bridgehead atoms. The van der Waals surface area contributed by atoms with Crippen LogP contribution in [0.1, 0.15) is 0 Å². The third kappa shape index (κ3) is 2.71. The Hall–Kier alpha value is -2.47. The summed E-state index contributed by atoms with van der Waals surface area (Å²) >= 11 is 0. The van der Waals surface area contributed by atoms with Gasteiger partial charge in [0.15, 0.2) is 15.7 Å². The highest BCUT2D eigenvalue weighted by Gasteiger charge is 2.11. The number of aromatic nitrogens is 3. The van der Waals surface area contributed by atoms with Crippen molar-refractivity contribution in [2.24, 2.45) is 0 Å². The van der Waals surface area contributed by atoms with Gasteiger partial charge in [0, 0.05) is 17.5 Å². The van der Waals surface area contributed by atoms with E-state index in [1.807, 2.05) is 34.9 Å². The molecular weight excluding hydrogens is 286 g/mol. The monoisotopic (exact) mass is 299 g/mol. The van der Waals surface area contributed by atoms with Crippen LogP contribution in [-0.2, 0) is 9.84 Å². The maximum Gasteiger partial charge on any atom is 0.175 e. The molecule has 0 saturated carbocycles. The summed E-state index contributed by atoms with van der Waals surface area (Å²) in [4.78, 5) is 0.289. The summed E-state index contributed by atoms with van der Waals surface area (Å²) < 4.78 is 24.8. The van der Waals surface area contributed by atoms with Gasteiger partial charge in [-0.25, -0.2) is 8.42 Å². The van der Waals surface area contributed by atoms with Crippen molar-refractivity contribution in [1.82, 2.24) is 14.8 Å². The topological polar surface area (TPSA) is 64.8 Å². The Balaban J connectivity index is 2.05. The first-order valence-electron chi connectivity index (χ1n) is 6.31. The van der Waals surface area contributed by atoms with E-state index in [0.29, 0.717) is 5.82 Å². The van der Waals surface area contributed by atoms with Crippen LogP contribution in [-0.4, -0.2) is 29.4 Å².